The summed E-state index contributed by atoms with van der Waals surface area (Å²) < 4.78 is 13.9. The number of ether oxygens (including phenoxy) is 2. The highest BCUT2D eigenvalue weighted by atomic mass is 35.5. The molecule has 1 aliphatic heterocycles. The number of halogens is 1. The van der Waals surface area contributed by atoms with Gasteiger partial charge in [0, 0.05) is 5.92 Å². The second-order valence-electron chi connectivity index (χ2n) is 6.91. The van der Waals surface area contributed by atoms with Gasteiger partial charge >= 0.3 is 5.97 Å². The van der Waals surface area contributed by atoms with Crippen LogP contribution in [0.5, 0.6) is 0 Å². The van der Waals surface area contributed by atoms with Crippen molar-refractivity contribution < 1.29 is 14.3 Å². The summed E-state index contributed by atoms with van der Waals surface area (Å²) in [6, 6.07) is 8.72. The molecule has 1 aromatic carbocycles. The Morgan fingerprint density at radius 3 is 2.79 bits per heavy atom. The van der Waals surface area contributed by atoms with Crippen molar-refractivity contribution in [2.24, 2.45) is 5.92 Å². The van der Waals surface area contributed by atoms with E-state index in [1.165, 1.54) is 12.7 Å². The average Bonchev–Trinajstić information content (AvgIpc) is 3.29. The minimum absolute atomic E-state index is 0.214. The Labute approximate surface area is 173 Å². The molecule has 1 saturated heterocycles. The third kappa shape index (κ3) is 3.05. The Kier molecular flexibility index (Phi) is 4.99. The number of aromatic nitrogens is 4. The van der Waals surface area contributed by atoms with Gasteiger partial charge in [0.25, 0.3) is 0 Å². The molecular weight excluding hydrogens is 392 g/mol. The van der Waals surface area contributed by atoms with E-state index in [0.717, 1.165) is 0 Å². The first-order chi connectivity index (χ1) is 14.0. The number of nitrogens with zero attached hydrogens (tertiary/aromatic N) is 4. The number of hydrogen-bond donors (Lipinski definition) is 0. The SMILES string of the molecule is C#C[C@@]1(OC(=O)c2ccccc2)[C@H](C)[C@@H](CC)O[C@H]1n1cnc2c(Cl)ncnc21. The van der Waals surface area contributed by atoms with Crippen molar-refractivity contribution in [1.29, 1.82) is 0 Å². The highest BCUT2D eigenvalue weighted by molar-refractivity contribution is 6.33. The van der Waals surface area contributed by atoms with Crippen molar-refractivity contribution in [3.05, 3.63) is 53.7 Å². The van der Waals surface area contributed by atoms with E-state index in [2.05, 4.69) is 20.9 Å². The lowest BCUT2D eigenvalue weighted by molar-refractivity contribution is -0.0754. The standard InChI is InChI=1S/C21H19ClN4O3/c1-4-15-13(3)21(5-2,29-19(27)14-9-7-6-8-10-14)20(28-15)26-12-25-16-17(22)23-11-24-18(16)26/h2,6-13,15,20H,4H2,1,3H3/t13-,15-,20-,21-/m1/s1. The molecule has 4 atom stereocenters. The second kappa shape index (κ2) is 7.47. The first-order valence-corrected chi connectivity index (χ1v) is 9.64. The molecule has 1 fully saturated rings. The molecule has 2 aromatic heterocycles. The van der Waals surface area contributed by atoms with Crippen molar-refractivity contribution in [2.45, 2.75) is 38.2 Å². The lowest BCUT2D eigenvalue weighted by atomic mass is 9.85. The van der Waals surface area contributed by atoms with Gasteiger partial charge in [0.05, 0.1) is 18.0 Å². The van der Waals surface area contributed by atoms with Crippen LogP contribution in [-0.2, 0) is 9.47 Å². The van der Waals surface area contributed by atoms with Crippen LogP contribution in [0.1, 0.15) is 36.9 Å². The zero-order valence-corrected chi connectivity index (χ0v) is 16.7. The topological polar surface area (TPSA) is 79.1 Å². The quantitative estimate of drug-likeness (QED) is 0.371. The number of fused-ring (bicyclic) bond motifs is 1. The Balaban J connectivity index is 1.81. The van der Waals surface area contributed by atoms with E-state index < -0.39 is 17.8 Å². The van der Waals surface area contributed by atoms with Crippen LogP contribution in [0, 0.1) is 18.3 Å². The number of hydrogen-bond acceptors (Lipinski definition) is 6. The molecule has 0 bridgehead atoms. The molecule has 29 heavy (non-hydrogen) atoms. The monoisotopic (exact) mass is 410 g/mol. The summed E-state index contributed by atoms with van der Waals surface area (Å²) in [4.78, 5) is 25.4. The average molecular weight is 411 g/mol. The molecule has 8 heteroatoms. The van der Waals surface area contributed by atoms with Crippen LogP contribution in [0.3, 0.4) is 0 Å². The molecule has 0 amide bonds. The predicted octanol–water partition coefficient (Wildman–Crippen LogP) is 3.65. The van der Waals surface area contributed by atoms with Crippen molar-refractivity contribution in [2.75, 3.05) is 0 Å². The Hall–Kier alpha value is -2.95. The van der Waals surface area contributed by atoms with Gasteiger partial charge in [-0.25, -0.2) is 19.7 Å². The maximum absolute atomic E-state index is 12.9. The third-order valence-electron chi connectivity index (χ3n) is 5.37. The number of esters is 1. The summed E-state index contributed by atoms with van der Waals surface area (Å²) in [6.07, 6.45) is 8.52. The van der Waals surface area contributed by atoms with Crippen LogP contribution in [0.25, 0.3) is 11.2 Å². The van der Waals surface area contributed by atoms with Gasteiger partial charge in [-0.05, 0) is 18.6 Å². The zero-order valence-electron chi connectivity index (χ0n) is 15.9. The Morgan fingerprint density at radius 2 is 2.10 bits per heavy atom. The summed E-state index contributed by atoms with van der Waals surface area (Å²) in [5.41, 5.74) is -0.0625. The summed E-state index contributed by atoms with van der Waals surface area (Å²) in [5, 5.41) is 0.222. The minimum Gasteiger partial charge on any atom is -0.437 e. The molecule has 0 aliphatic carbocycles. The fraction of sp³-hybridized carbons (Fsp3) is 0.333. The lowest BCUT2D eigenvalue weighted by Gasteiger charge is -2.32. The molecule has 3 heterocycles. The van der Waals surface area contributed by atoms with Crippen molar-refractivity contribution >= 4 is 28.7 Å². The maximum Gasteiger partial charge on any atom is 0.339 e. The van der Waals surface area contributed by atoms with Crippen LogP contribution >= 0.6 is 11.6 Å². The second-order valence-corrected chi connectivity index (χ2v) is 7.26. The van der Waals surface area contributed by atoms with E-state index in [4.69, 9.17) is 27.5 Å². The summed E-state index contributed by atoms with van der Waals surface area (Å²) in [5.74, 6) is 1.94. The predicted molar refractivity (Wildman–Crippen MR) is 107 cm³/mol. The summed E-state index contributed by atoms with van der Waals surface area (Å²) >= 11 is 6.14. The molecule has 148 valence electrons. The van der Waals surface area contributed by atoms with Gasteiger partial charge in [0.15, 0.2) is 17.0 Å². The number of rotatable bonds is 4. The van der Waals surface area contributed by atoms with Gasteiger partial charge in [-0.15, -0.1) is 6.42 Å². The van der Waals surface area contributed by atoms with E-state index in [9.17, 15) is 4.79 Å². The minimum atomic E-state index is -1.35. The first kappa shape index (κ1) is 19.4. The maximum atomic E-state index is 12.9. The number of benzene rings is 1. The third-order valence-corrected chi connectivity index (χ3v) is 5.65. The van der Waals surface area contributed by atoms with Crippen molar-refractivity contribution in [3.8, 4) is 12.3 Å². The molecule has 0 N–H and O–H groups in total. The molecule has 0 unspecified atom stereocenters. The molecule has 7 nitrogen and oxygen atoms in total. The smallest absolute Gasteiger partial charge is 0.339 e. The van der Waals surface area contributed by atoms with Crippen molar-refractivity contribution in [1.82, 2.24) is 19.5 Å². The summed E-state index contributed by atoms with van der Waals surface area (Å²) in [6.45, 7) is 3.92. The highest BCUT2D eigenvalue weighted by Crippen LogP contribution is 2.47. The van der Waals surface area contributed by atoms with Gasteiger partial charge in [-0.1, -0.05) is 49.6 Å². The zero-order chi connectivity index (χ0) is 20.6. The molecule has 4 rings (SSSR count). The normalized spacial score (nSPS) is 26.3. The van der Waals surface area contributed by atoms with Crippen LogP contribution in [-0.4, -0.2) is 37.2 Å². The highest BCUT2D eigenvalue weighted by Gasteiger charge is 2.57. The van der Waals surface area contributed by atoms with E-state index >= 15 is 0 Å². The molecule has 0 spiro atoms. The van der Waals surface area contributed by atoms with E-state index in [1.807, 2.05) is 19.9 Å². The van der Waals surface area contributed by atoms with Crippen LogP contribution < -0.4 is 0 Å². The number of carbonyl (C=O) groups excluding carboxylic acids is 1. The van der Waals surface area contributed by atoms with Gasteiger partial charge < -0.3 is 9.47 Å². The fourth-order valence-corrected chi connectivity index (χ4v) is 3.94. The van der Waals surface area contributed by atoms with E-state index in [-0.39, 0.29) is 17.2 Å². The molecule has 3 aromatic rings. The number of carbonyl (C=O) groups is 1. The van der Waals surface area contributed by atoms with Gasteiger partial charge in [-0.3, -0.25) is 4.57 Å². The Morgan fingerprint density at radius 1 is 1.34 bits per heavy atom. The van der Waals surface area contributed by atoms with Gasteiger partial charge in [-0.2, -0.15) is 0 Å². The molecule has 0 radical (unpaired) electrons. The molecule has 1 aliphatic rings. The van der Waals surface area contributed by atoms with Crippen molar-refractivity contribution in [3.63, 3.8) is 0 Å². The van der Waals surface area contributed by atoms with E-state index in [1.54, 1.807) is 28.8 Å². The van der Waals surface area contributed by atoms with Gasteiger partial charge in [0.2, 0.25) is 5.60 Å². The largest absolute Gasteiger partial charge is 0.437 e. The van der Waals surface area contributed by atoms with Crippen LogP contribution in [0.4, 0.5) is 0 Å². The van der Waals surface area contributed by atoms with Gasteiger partial charge in [0.1, 0.15) is 11.8 Å². The number of imidazole rings is 1. The molecule has 0 saturated carbocycles. The van der Waals surface area contributed by atoms with Crippen LogP contribution in [0.15, 0.2) is 43.0 Å². The Bertz CT molecular complexity index is 1090. The van der Waals surface area contributed by atoms with Crippen LogP contribution in [0.2, 0.25) is 5.15 Å². The van der Waals surface area contributed by atoms with E-state index in [0.29, 0.717) is 23.1 Å². The lowest BCUT2D eigenvalue weighted by Crippen LogP contribution is -2.44. The summed E-state index contributed by atoms with van der Waals surface area (Å²) in [7, 11) is 0. The molecular formula is C21H19ClN4O3. The number of terminal acetylenes is 1. The first-order valence-electron chi connectivity index (χ1n) is 9.26. The fourth-order valence-electron chi connectivity index (χ4n) is 3.76.